The number of ketones is 1. The smallest absolute Gasteiger partial charge is 0.331 e. The molecule has 6 N–H and O–H groups in total. The number of rotatable bonds is 7. The standard InChI is InChI=1S/C18H20N4O3/c1-12(23)18(19,17(24)25)10-14-8-5-9-15(21-11-22-20)16(14)13-6-3-2-4-7-13/h2-9,11H,10,19-20H2,1H3,(H,21,22)(H,24,25). The third-order valence-corrected chi connectivity index (χ3v) is 3.99. The minimum Gasteiger partial charge on any atom is -0.480 e. The predicted octanol–water partition coefficient (Wildman–Crippen LogP) is 1.58. The van der Waals surface area contributed by atoms with Gasteiger partial charge in [-0.15, -0.1) is 0 Å². The van der Waals surface area contributed by atoms with E-state index in [0.29, 0.717) is 11.3 Å². The summed E-state index contributed by atoms with van der Waals surface area (Å²) in [4.78, 5) is 23.4. The highest BCUT2D eigenvalue weighted by Crippen LogP contribution is 2.33. The Morgan fingerprint density at radius 1 is 1.20 bits per heavy atom. The van der Waals surface area contributed by atoms with E-state index in [1.54, 1.807) is 18.2 Å². The summed E-state index contributed by atoms with van der Waals surface area (Å²) in [6.07, 6.45) is 1.18. The van der Waals surface area contributed by atoms with Crippen LogP contribution in [0.3, 0.4) is 0 Å². The van der Waals surface area contributed by atoms with Crippen molar-refractivity contribution in [1.82, 2.24) is 0 Å². The minimum atomic E-state index is -2.00. The number of carbonyl (C=O) groups is 2. The zero-order valence-electron chi connectivity index (χ0n) is 13.8. The van der Waals surface area contributed by atoms with Gasteiger partial charge in [0.05, 0.1) is 0 Å². The van der Waals surface area contributed by atoms with Crippen LogP contribution in [0.1, 0.15) is 12.5 Å². The molecule has 2 aromatic rings. The average Bonchev–Trinajstić information content (AvgIpc) is 2.60. The van der Waals surface area contributed by atoms with E-state index in [-0.39, 0.29) is 6.42 Å². The van der Waals surface area contributed by atoms with E-state index in [4.69, 9.17) is 11.6 Å². The molecular formula is C18H20N4O3. The lowest BCUT2D eigenvalue weighted by Crippen LogP contribution is -2.55. The number of hydrazone groups is 1. The Balaban J connectivity index is 2.61. The Bertz CT molecular complexity index is 789. The molecule has 0 saturated heterocycles. The second kappa shape index (κ2) is 7.59. The van der Waals surface area contributed by atoms with E-state index < -0.39 is 17.3 Å². The van der Waals surface area contributed by atoms with Gasteiger partial charge in [-0.05, 0) is 24.1 Å². The number of benzene rings is 2. The summed E-state index contributed by atoms with van der Waals surface area (Å²) < 4.78 is 0. The Labute approximate surface area is 145 Å². The number of nitrogens with two attached hydrogens (primary N) is 2. The molecule has 25 heavy (non-hydrogen) atoms. The van der Waals surface area contributed by atoms with Crippen molar-refractivity contribution in [2.24, 2.45) is 16.7 Å². The third-order valence-electron chi connectivity index (χ3n) is 3.99. The first-order chi connectivity index (χ1) is 11.9. The molecule has 0 aliphatic heterocycles. The fourth-order valence-electron chi connectivity index (χ4n) is 2.57. The predicted molar refractivity (Wildman–Crippen MR) is 97.1 cm³/mol. The zero-order valence-corrected chi connectivity index (χ0v) is 13.8. The lowest BCUT2D eigenvalue weighted by atomic mass is 9.84. The van der Waals surface area contributed by atoms with Gasteiger partial charge in [-0.3, -0.25) is 4.79 Å². The van der Waals surface area contributed by atoms with Gasteiger partial charge in [-0.25, -0.2) is 4.79 Å². The van der Waals surface area contributed by atoms with Crippen LogP contribution in [0.2, 0.25) is 0 Å². The first-order valence-electron chi connectivity index (χ1n) is 7.59. The van der Waals surface area contributed by atoms with Crippen molar-refractivity contribution in [2.45, 2.75) is 18.9 Å². The first kappa shape index (κ1) is 18.2. The lowest BCUT2D eigenvalue weighted by Gasteiger charge is -2.24. The van der Waals surface area contributed by atoms with E-state index >= 15 is 0 Å². The number of hydrogen-bond acceptors (Lipinski definition) is 5. The molecule has 0 spiro atoms. The summed E-state index contributed by atoms with van der Waals surface area (Å²) >= 11 is 0. The van der Waals surface area contributed by atoms with E-state index in [0.717, 1.165) is 11.1 Å². The van der Waals surface area contributed by atoms with Crippen LogP contribution in [0.25, 0.3) is 11.1 Å². The van der Waals surface area contributed by atoms with E-state index in [9.17, 15) is 14.7 Å². The number of aliphatic carboxylic acids is 1. The number of carboxylic acids is 1. The molecule has 0 bridgehead atoms. The van der Waals surface area contributed by atoms with Gasteiger partial charge < -0.3 is 22.0 Å². The van der Waals surface area contributed by atoms with Crippen LogP contribution in [0.5, 0.6) is 0 Å². The number of carboxylic acid groups (broad SMARTS) is 1. The molecule has 0 aromatic heterocycles. The topological polar surface area (TPSA) is 131 Å². The quantitative estimate of drug-likeness (QED) is 0.199. The van der Waals surface area contributed by atoms with Crippen molar-refractivity contribution >= 4 is 23.8 Å². The lowest BCUT2D eigenvalue weighted by molar-refractivity contribution is -0.147. The number of carbonyl (C=O) groups excluding carboxylic acids is 1. The summed E-state index contributed by atoms with van der Waals surface area (Å²) in [5.74, 6) is 3.18. The molecular weight excluding hydrogens is 320 g/mol. The normalized spacial score (nSPS) is 13.4. The van der Waals surface area contributed by atoms with Crippen LogP contribution in [0.15, 0.2) is 53.6 Å². The Kier molecular flexibility index (Phi) is 5.51. The zero-order chi connectivity index (χ0) is 18.4. The summed E-state index contributed by atoms with van der Waals surface area (Å²) in [6, 6.07) is 14.7. The second-order valence-corrected chi connectivity index (χ2v) is 5.64. The molecule has 0 radical (unpaired) electrons. The molecule has 0 saturated carbocycles. The molecule has 7 heteroatoms. The maximum atomic E-state index is 11.9. The molecule has 0 heterocycles. The molecule has 2 aromatic carbocycles. The summed E-state index contributed by atoms with van der Waals surface area (Å²) in [5, 5.41) is 15.8. The number of anilines is 1. The largest absolute Gasteiger partial charge is 0.480 e. The van der Waals surface area contributed by atoms with Gasteiger partial charge in [-0.1, -0.05) is 42.5 Å². The molecule has 2 rings (SSSR count). The van der Waals surface area contributed by atoms with Gasteiger partial charge in [0.2, 0.25) is 0 Å². The number of hydrogen-bond donors (Lipinski definition) is 4. The molecule has 7 nitrogen and oxygen atoms in total. The number of nitrogens with one attached hydrogen (secondary N) is 1. The molecule has 130 valence electrons. The monoisotopic (exact) mass is 340 g/mol. The van der Waals surface area contributed by atoms with Crippen molar-refractivity contribution in [3.05, 3.63) is 54.1 Å². The summed E-state index contributed by atoms with van der Waals surface area (Å²) in [7, 11) is 0. The Hall–Kier alpha value is -3.19. The third kappa shape index (κ3) is 3.84. The highest BCUT2D eigenvalue weighted by atomic mass is 16.4. The minimum absolute atomic E-state index is 0.142. The van der Waals surface area contributed by atoms with Crippen molar-refractivity contribution in [3.8, 4) is 11.1 Å². The van der Waals surface area contributed by atoms with Crippen molar-refractivity contribution in [2.75, 3.05) is 5.32 Å². The highest BCUT2D eigenvalue weighted by molar-refractivity contribution is 6.07. The van der Waals surface area contributed by atoms with Crippen molar-refractivity contribution in [3.63, 3.8) is 0 Å². The molecule has 0 amide bonds. The SMILES string of the molecule is CC(=O)C(N)(Cc1cccc(NC=NN)c1-c1ccccc1)C(=O)O. The van der Waals surface area contributed by atoms with Gasteiger partial charge in [0.25, 0.3) is 0 Å². The van der Waals surface area contributed by atoms with Gasteiger partial charge in [-0.2, -0.15) is 5.10 Å². The average molecular weight is 340 g/mol. The Morgan fingerprint density at radius 2 is 1.88 bits per heavy atom. The second-order valence-electron chi connectivity index (χ2n) is 5.64. The fourth-order valence-corrected chi connectivity index (χ4v) is 2.57. The van der Waals surface area contributed by atoms with Crippen molar-refractivity contribution in [1.29, 1.82) is 0 Å². The van der Waals surface area contributed by atoms with Gasteiger partial charge in [0, 0.05) is 17.7 Å². The summed E-state index contributed by atoms with van der Waals surface area (Å²) in [5.41, 5.74) is 6.79. The molecule has 0 aliphatic carbocycles. The van der Waals surface area contributed by atoms with Gasteiger partial charge >= 0.3 is 5.97 Å². The molecule has 0 fully saturated rings. The Morgan fingerprint density at radius 3 is 2.44 bits per heavy atom. The van der Waals surface area contributed by atoms with Gasteiger partial charge in [0.1, 0.15) is 6.34 Å². The number of nitrogens with zero attached hydrogens (tertiary/aromatic N) is 1. The van der Waals surface area contributed by atoms with Crippen LogP contribution in [0, 0.1) is 0 Å². The van der Waals surface area contributed by atoms with Crippen LogP contribution in [-0.4, -0.2) is 28.7 Å². The van der Waals surface area contributed by atoms with Crippen LogP contribution in [0.4, 0.5) is 5.69 Å². The van der Waals surface area contributed by atoms with Crippen LogP contribution in [-0.2, 0) is 16.0 Å². The summed E-state index contributed by atoms with van der Waals surface area (Å²) in [6.45, 7) is 1.18. The van der Waals surface area contributed by atoms with E-state index in [1.165, 1.54) is 13.3 Å². The maximum Gasteiger partial charge on any atom is 0.331 e. The van der Waals surface area contributed by atoms with Crippen LogP contribution < -0.4 is 16.9 Å². The first-order valence-corrected chi connectivity index (χ1v) is 7.59. The maximum absolute atomic E-state index is 11.9. The van der Waals surface area contributed by atoms with E-state index in [1.807, 2.05) is 30.3 Å². The van der Waals surface area contributed by atoms with Crippen LogP contribution >= 0.6 is 0 Å². The molecule has 1 unspecified atom stereocenters. The molecule has 0 aliphatic rings. The van der Waals surface area contributed by atoms with E-state index in [2.05, 4.69) is 10.4 Å². The highest BCUT2D eigenvalue weighted by Gasteiger charge is 2.40. The molecule has 1 atom stereocenters. The fraction of sp³-hybridized carbons (Fsp3) is 0.167. The van der Waals surface area contributed by atoms with Gasteiger partial charge in [0.15, 0.2) is 11.3 Å². The number of Topliss-reactive ketones (excluding diaryl/α,β-unsaturated/α-hetero) is 1. The van der Waals surface area contributed by atoms with Crippen molar-refractivity contribution < 1.29 is 14.7 Å².